The first kappa shape index (κ1) is 10.8. The molecule has 1 aromatic rings. The van der Waals surface area contributed by atoms with Crippen LogP contribution in [0.5, 0.6) is 11.5 Å². The van der Waals surface area contributed by atoms with E-state index in [4.69, 9.17) is 15.2 Å². The molecule has 0 aliphatic carbocycles. The number of fused-ring (bicyclic) bond motifs is 1. The Hall–Kier alpha value is -1.71. The number of amides is 1. The Morgan fingerprint density at radius 3 is 2.56 bits per heavy atom. The van der Waals surface area contributed by atoms with Gasteiger partial charge in [0.1, 0.15) is 0 Å². The van der Waals surface area contributed by atoms with Crippen LogP contribution >= 0.6 is 0 Å². The number of ether oxygens (including phenoxy) is 2. The molecule has 0 unspecified atom stereocenters. The lowest BCUT2D eigenvalue weighted by Crippen LogP contribution is -2.16. The van der Waals surface area contributed by atoms with Crippen LogP contribution in [0.25, 0.3) is 0 Å². The van der Waals surface area contributed by atoms with E-state index in [-0.39, 0.29) is 12.2 Å². The normalized spacial score (nSPS) is 13.9. The van der Waals surface area contributed by atoms with Crippen LogP contribution in [0.15, 0.2) is 12.1 Å². The molecule has 1 aliphatic heterocycles. The molecule has 1 aromatic carbocycles. The molecule has 0 saturated heterocycles. The van der Waals surface area contributed by atoms with Crippen LogP contribution in [0.1, 0.15) is 36.7 Å². The molecule has 2 N–H and O–H groups in total. The van der Waals surface area contributed by atoms with Gasteiger partial charge in [0.25, 0.3) is 5.91 Å². The quantitative estimate of drug-likeness (QED) is 0.786. The van der Waals surface area contributed by atoms with Crippen LogP contribution in [-0.2, 0) is 5.41 Å². The molecule has 1 heterocycles. The molecule has 16 heavy (non-hydrogen) atoms. The second-order valence-corrected chi connectivity index (χ2v) is 4.87. The number of hydrogen-bond acceptors (Lipinski definition) is 3. The van der Waals surface area contributed by atoms with E-state index < -0.39 is 5.91 Å². The van der Waals surface area contributed by atoms with Gasteiger partial charge in [0.05, 0.1) is 5.56 Å². The highest BCUT2D eigenvalue weighted by Gasteiger charge is 2.25. The van der Waals surface area contributed by atoms with Gasteiger partial charge >= 0.3 is 0 Å². The maximum absolute atomic E-state index is 11.3. The Kier molecular flexibility index (Phi) is 2.30. The summed E-state index contributed by atoms with van der Waals surface area (Å²) in [6.07, 6.45) is 0. The van der Waals surface area contributed by atoms with Crippen molar-refractivity contribution in [2.45, 2.75) is 26.2 Å². The van der Waals surface area contributed by atoms with Crippen LogP contribution < -0.4 is 15.2 Å². The summed E-state index contributed by atoms with van der Waals surface area (Å²) in [5, 5.41) is 0. The van der Waals surface area contributed by atoms with Crippen LogP contribution in [0.3, 0.4) is 0 Å². The Labute approximate surface area is 94.3 Å². The van der Waals surface area contributed by atoms with Crippen LogP contribution in [0, 0.1) is 0 Å². The molecular weight excluding hydrogens is 206 g/mol. The third-order valence-corrected chi connectivity index (χ3v) is 2.60. The largest absolute Gasteiger partial charge is 0.454 e. The lowest BCUT2D eigenvalue weighted by atomic mass is 9.85. The van der Waals surface area contributed by atoms with E-state index in [1.54, 1.807) is 6.07 Å². The van der Waals surface area contributed by atoms with Gasteiger partial charge in [-0.05, 0) is 23.1 Å². The van der Waals surface area contributed by atoms with Crippen molar-refractivity contribution >= 4 is 5.91 Å². The lowest BCUT2D eigenvalue weighted by molar-refractivity contribution is 0.0995. The van der Waals surface area contributed by atoms with Crippen molar-refractivity contribution in [3.8, 4) is 11.5 Å². The van der Waals surface area contributed by atoms with Crippen molar-refractivity contribution < 1.29 is 14.3 Å². The van der Waals surface area contributed by atoms with E-state index in [1.807, 2.05) is 6.07 Å². The summed E-state index contributed by atoms with van der Waals surface area (Å²) < 4.78 is 10.5. The summed E-state index contributed by atoms with van der Waals surface area (Å²) in [5.41, 5.74) is 6.65. The Balaban J connectivity index is 2.61. The minimum atomic E-state index is -0.493. The van der Waals surface area contributed by atoms with Crippen LogP contribution in [0.4, 0.5) is 0 Å². The van der Waals surface area contributed by atoms with Gasteiger partial charge in [-0.25, -0.2) is 0 Å². The van der Waals surface area contributed by atoms with Gasteiger partial charge in [-0.1, -0.05) is 20.8 Å². The van der Waals surface area contributed by atoms with Crippen molar-refractivity contribution in [1.82, 2.24) is 0 Å². The highest BCUT2D eigenvalue weighted by Crippen LogP contribution is 2.39. The molecular formula is C12H15NO3. The number of carbonyl (C=O) groups is 1. The highest BCUT2D eigenvalue weighted by atomic mass is 16.7. The summed E-state index contributed by atoms with van der Waals surface area (Å²) in [5.74, 6) is 0.564. The summed E-state index contributed by atoms with van der Waals surface area (Å²) in [4.78, 5) is 11.3. The van der Waals surface area contributed by atoms with Gasteiger partial charge in [-0.2, -0.15) is 0 Å². The average Bonchev–Trinajstić information content (AvgIpc) is 2.61. The predicted molar refractivity (Wildman–Crippen MR) is 59.8 cm³/mol. The fraction of sp³-hybridized carbons (Fsp3) is 0.417. The molecule has 0 aromatic heterocycles. The van der Waals surface area contributed by atoms with E-state index >= 15 is 0 Å². The third kappa shape index (κ3) is 1.71. The van der Waals surface area contributed by atoms with Crippen LogP contribution in [-0.4, -0.2) is 12.7 Å². The second kappa shape index (κ2) is 3.40. The zero-order valence-corrected chi connectivity index (χ0v) is 9.66. The molecule has 1 amide bonds. The first-order valence-corrected chi connectivity index (χ1v) is 5.13. The molecule has 0 saturated carbocycles. The van der Waals surface area contributed by atoms with Gasteiger partial charge in [-0.3, -0.25) is 4.79 Å². The van der Waals surface area contributed by atoms with E-state index in [0.29, 0.717) is 17.1 Å². The summed E-state index contributed by atoms with van der Waals surface area (Å²) in [7, 11) is 0. The maximum atomic E-state index is 11.3. The molecule has 0 fully saturated rings. The number of rotatable bonds is 1. The lowest BCUT2D eigenvalue weighted by Gasteiger charge is -2.20. The molecule has 4 heteroatoms. The monoisotopic (exact) mass is 221 g/mol. The van der Waals surface area contributed by atoms with E-state index in [0.717, 1.165) is 5.56 Å². The van der Waals surface area contributed by atoms with Crippen molar-refractivity contribution in [3.05, 3.63) is 23.3 Å². The van der Waals surface area contributed by atoms with Gasteiger partial charge in [-0.15, -0.1) is 0 Å². The zero-order valence-electron chi connectivity index (χ0n) is 9.66. The van der Waals surface area contributed by atoms with Gasteiger partial charge in [0, 0.05) is 0 Å². The van der Waals surface area contributed by atoms with E-state index in [9.17, 15) is 4.79 Å². The Morgan fingerprint density at radius 2 is 2.00 bits per heavy atom. The SMILES string of the molecule is CC(C)(C)c1cc2c(c(C(N)=O)c1)OCO2. The zero-order chi connectivity index (χ0) is 11.9. The fourth-order valence-electron chi connectivity index (χ4n) is 1.63. The molecule has 4 nitrogen and oxygen atoms in total. The van der Waals surface area contributed by atoms with Crippen molar-refractivity contribution in [2.75, 3.05) is 6.79 Å². The maximum Gasteiger partial charge on any atom is 0.252 e. The fourth-order valence-corrected chi connectivity index (χ4v) is 1.63. The number of carbonyl (C=O) groups excluding carboxylic acids is 1. The van der Waals surface area contributed by atoms with Gasteiger partial charge < -0.3 is 15.2 Å². The van der Waals surface area contributed by atoms with Gasteiger partial charge in [0.15, 0.2) is 11.5 Å². The summed E-state index contributed by atoms with van der Waals surface area (Å²) in [6.45, 7) is 6.34. The molecule has 0 atom stereocenters. The molecule has 86 valence electrons. The average molecular weight is 221 g/mol. The minimum absolute atomic E-state index is 0.0643. The standard InChI is InChI=1S/C12H15NO3/c1-12(2,3)7-4-8(11(13)14)10-9(5-7)15-6-16-10/h4-5H,6H2,1-3H3,(H2,13,14). The molecule has 2 rings (SSSR count). The highest BCUT2D eigenvalue weighted by molar-refractivity contribution is 5.97. The van der Waals surface area contributed by atoms with Crippen molar-refractivity contribution in [2.24, 2.45) is 5.73 Å². The molecule has 0 bridgehead atoms. The number of primary amides is 1. The topological polar surface area (TPSA) is 61.6 Å². The number of nitrogens with two attached hydrogens (primary N) is 1. The summed E-state index contributed by atoms with van der Waals surface area (Å²) >= 11 is 0. The van der Waals surface area contributed by atoms with Crippen molar-refractivity contribution in [1.29, 1.82) is 0 Å². The van der Waals surface area contributed by atoms with E-state index in [1.165, 1.54) is 0 Å². The Morgan fingerprint density at radius 1 is 1.31 bits per heavy atom. The molecule has 0 radical (unpaired) electrons. The Bertz CT molecular complexity index is 446. The number of hydrogen-bond donors (Lipinski definition) is 1. The number of benzene rings is 1. The molecule has 1 aliphatic rings. The van der Waals surface area contributed by atoms with Crippen LogP contribution in [0.2, 0.25) is 0 Å². The summed E-state index contributed by atoms with van der Waals surface area (Å²) in [6, 6.07) is 3.67. The third-order valence-electron chi connectivity index (χ3n) is 2.60. The smallest absolute Gasteiger partial charge is 0.252 e. The first-order valence-electron chi connectivity index (χ1n) is 5.13. The first-order chi connectivity index (χ1) is 7.39. The second-order valence-electron chi connectivity index (χ2n) is 4.87. The van der Waals surface area contributed by atoms with E-state index in [2.05, 4.69) is 20.8 Å². The van der Waals surface area contributed by atoms with Gasteiger partial charge in [0.2, 0.25) is 6.79 Å². The molecule has 0 spiro atoms. The van der Waals surface area contributed by atoms with Crippen molar-refractivity contribution in [3.63, 3.8) is 0 Å². The predicted octanol–water partition coefficient (Wildman–Crippen LogP) is 1.81. The minimum Gasteiger partial charge on any atom is -0.454 e.